The number of benzene rings is 2. The Morgan fingerprint density at radius 2 is 1.61 bits per heavy atom. The molecule has 1 saturated heterocycles. The maximum absolute atomic E-state index is 13.0. The van der Waals surface area contributed by atoms with Gasteiger partial charge in [0.2, 0.25) is 10.0 Å². The van der Waals surface area contributed by atoms with E-state index >= 15 is 0 Å². The molecule has 1 amide bonds. The number of carbonyl (C=O) groups is 1. The molecule has 0 aliphatic carbocycles. The van der Waals surface area contributed by atoms with Crippen LogP contribution in [0.2, 0.25) is 0 Å². The fourth-order valence-corrected chi connectivity index (χ4v) is 5.40. The molecule has 0 unspecified atom stereocenters. The average Bonchev–Trinajstić information content (AvgIpc) is 3.17. The third kappa shape index (κ3) is 4.79. The van der Waals surface area contributed by atoms with Crippen LogP contribution in [-0.4, -0.2) is 66.1 Å². The topological polar surface area (TPSA) is 84.7 Å². The van der Waals surface area contributed by atoms with Crippen LogP contribution in [0.1, 0.15) is 28.7 Å². The van der Waals surface area contributed by atoms with Gasteiger partial charge in [-0.2, -0.15) is 9.40 Å². The van der Waals surface area contributed by atoms with E-state index in [0.29, 0.717) is 31.0 Å². The van der Waals surface area contributed by atoms with E-state index in [2.05, 4.69) is 5.10 Å². The molecule has 0 bridgehead atoms. The minimum absolute atomic E-state index is 0.104. The molecule has 0 saturated carbocycles. The smallest absolute Gasteiger partial charge is 0.253 e. The van der Waals surface area contributed by atoms with E-state index in [1.807, 2.05) is 43.7 Å². The summed E-state index contributed by atoms with van der Waals surface area (Å²) >= 11 is 0. The highest BCUT2D eigenvalue weighted by Gasteiger charge is 2.30. The van der Waals surface area contributed by atoms with E-state index in [-0.39, 0.29) is 23.9 Å². The average molecular weight is 469 g/mol. The third-order valence-electron chi connectivity index (χ3n) is 5.67. The number of hydrogen-bond acceptors (Lipinski definition) is 5. The Kier molecular flexibility index (Phi) is 6.53. The lowest BCUT2D eigenvalue weighted by atomic mass is 10.1. The SMILES string of the molecule is CCOc1ccc(S(=O)(=O)N2CCN(C(=O)c3ccc(-n4nc(C)cc4C)cc3)CC2)cc1. The Bertz CT molecular complexity index is 1230. The minimum atomic E-state index is -3.62. The summed E-state index contributed by atoms with van der Waals surface area (Å²) in [4.78, 5) is 14.9. The molecule has 8 nitrogen and oxygen atoms in total. The molecule has 174 valence electrons. The maximum Gasteiger partial charge on any atom is 0.253 e. The molecule has 3 aromatic rings. The van der Waals surface area contributed by atoms with Crippen molar-refractivity contribution in [2.45, 2.75) is 25.7 Å². The van der Waals surface area contributed by atoms with Crippen molar-refractivity contribution in [1.82, 2.24) is 19.0 Å². The maximum atomic E-state index is 13.0. The molecule has 1 aliphatic heterocycles. The zero-order valence-corrected chi connectivity index (χ0v) is 19.9. The first-order valence-corrected chi connectivity index (χ1v) is 12.4. The van der Waals surface area contributed by atoms with Crippen LogP contribution < -0.4 is 4.74 Å². The molecule has 0 spiro atoms. The first-order chi connectivity index (χ1) is 15.8. The van der Waals surface area contributed by atoms with Gasteiger partial charge < -0.3 is 9.64 Å². The van der Waals surface area contributed by atoms with Gasteiger partial charge in [-0.3, -0.25) is 4.79 Å². The van der Waals surface area contributed by atoms with Crippen molar-refractivity contribution in [2.24, 2.45) is 0 Å². The Balaban J connectivity index is 1.40. The van der Waals surface area contributed by atoms with Crippen LogP contribution in [-0.2, 0) is 10.0 Å². The second-order valence-electron chi connectivity index (χ2n) is 7.99. The lowest BCUT2D eigenvalue weighted by Gasteiger charge is -2.34. The van der Waals surface area contributed by atoms with Crippen molar-refractivity contribution < 1.29 is 17.9 Å². The zero-order valence-electron chi connectivity index (χ0n) is 19.1. The Hall–Kier alpha value is -3.17. The second-order valence-corrected chi connectivity index (χ2v) is 9.92. The van der Waals surface area contributed by atoms with Crippen LogP contribution in [0, 0.1) is 13.8 Å². The highest BCUT2D eigenvalue weighted by molar-refractivity contribution is 7.89. The van der Waals surface area contributed by atoms with Crippen molar-refractivity contribution in [1.29, 1.82) is 0 Å². The van der Waals surface area contributed by atoms with Gasteiger partial charge in [0, 0.05) is 37.4 Å². The van der Waals surface area contributed by atoms with Crippen molar-refractivity contribution >= 4 is 15.9 Å². The lowest BCUT2D eigenvalue weighted by molar-refractivity contribution is 0.0698. The summed E-state index contributed by atoms with van der Waals surface area (Å²) in [6.45, 7) is 7.52. The monoisotopic (exact) mass is 468 g/mol. The first kappa shape index (κ1) is 23.0. The van der Waals surface area contributed by atoms with Crippen molar-refractivity contribution in [3.63, 3.8) is 0 Å². The highest BCUT2D eigenvalue weighted by Crippen LogP contribution is 2.22. The molecule has 2 heterocycles. The number of sulfonamides is 1. The number of rotatable bonds is 6. The quantitative estimate of drug-likeness (QED) is 0.555. The Morgan fingerprint density at radius 3 is 2.15 bits per heavy atom. The van der Waals surface area contributed by atoms with Crippen molar-refractivity contribution in [3.8, 4) is 11.4 Å². The summed E-state index contributed by atoms with van der Waals surface area (Å²) in [6.07, 6.45) is 0. The van der Waals surface area contributed by atoms with E-state index in [4.69, 9.17) is 4.74 Å². The number of aromatic nitrogens is 2. The molecule has 9 heteroatoms. The van der Waals surface area contributed by atoms with Gasteiger partial charge in [-0.1, -0.05) is 0 Å². The number of piperazine rings is 1. The van der Waals surface area contributed by atoms with Gasteiger partial charge in [-0.15, -0.1) is 0 Å². The molecule has 33 heavy (non-hydrogen) atoms. The molecule has 1 aliphatic rings. The van der Waals surface area contributed by atoms with Crippen LogP contribution in [0.15, 0.2) is 59.5 Å². The van der Waals surface area contributed by atoms with Crippen molar-refractivity contribution in [3.05, 3.63) is 71.5 Å². The Labute approximate surface area is 194 Å². The third-order valence-corrected chi connectivity index (χ3v) is 7.58. The van der Waals surface area contributed by atoms with E-state index in [1.165, 1.54) is 4.31 Å². The van der Waals surface area contributed by atoms with Crippen LogP contribution in [0.5, 0.6) is 5.75 Å². The highest BCUT2D eigenvalue weighted by atomic mass is 32.2. The van der Waals surface area contributed by atoms with Gasteiger partial charge >= 0.3 is 0 Å². The Morgan fingerprint density at radius 1 is 0.970 bits per heavy atom. The molecule has 0 radical (unpaired) electrons. The largest absolute Gasteiger partial charge is 0.494 e. The molecule has 1 fully saturated rings. The number of hydrogen-bond donors (Lipinski definition) is 0. The van der Waals surface area contributed by atoms with E-state index in [9.17, 15) is 13.2 Å². The van der Waals surface area contributed by atoms with Crippen LogP contribution in [0.25, 0.3) is 5.69 Å². The van der Waals surface area contributed by atoms with Crippen LogP contribution in [0.3, 0.4) is 0 Å². The van der Waals surface area contributed by atoms with E-state index in [1.54, 1.807) is 41.3 Å². The molecule has 2 aromatic carbocycles. The fourth-order valence-electron chi connectivity index (χ4n) is 3.97. The molecule has 0 N–H and O–H groups in total. The summed E-state index contributed by atoms with van der Waals surface area (Å²) in [5.41, 5.74) is 3.42. The zero-order chi connectivity index (χ0) is 23.6. The predicted molar refractivity (Wildman–Crippen MR) is 125 cm³/mol. The molecular formula is C24H28N4O4S. The summed E-state index contributed by atoms with van der Waals surface area (Å²) in [7, 11) is -3.62. The lowest BCUT2D eigenvalue weighted by Crippen LogP contribution is -2.50. The van der Waals surface area contributed by atoms with Gasteiger partial charge in [-0.05, 0) is 75.4 Å². The normalized spacial score (nSPS) is 14.9. The van der Waals surface area contributed by atoms with Gasteiger partial charge in [0.25, 0.3) is 5.91 Å². The van der Waals surface area contributed by atoms with Gasteiger partial charge in [-0.25, -0.2) is 13.1 Å². The number of ether oxygens (including phenoxy) is 1. The van der Waals surface area contributed by atoms with Crippen molar-refractivity contribution in [2.75, 3.05) is 32.8 Å². The fraction of sp³-hybridized carbons (Fsp3) is 0.333. The number of amides is 1. The number of nitrogens with zero attached hydrogens (tertiary/aromatic N) is 4. The summed E-state index contributed by atoms with van der Waals surface area (Å²) in [5, 5.41) is 4.47. The first-order valence-electron chi connectivity index (χ1n) is 11.0. The van der Waals surface area contributed by atoms with E-state index in [0.717, 1.165) is 17.1 Å². The second kappa shape index (κ2) is 9.36. The van der Waals surface area contributed by atoms with E-state index < -0.39 is 10.0 Å². The van der Waals surface area contributed by atoms with Crippen LogP contribution >= 0.6 is 0 Å². The molecule has 1 aromatic heterocycles. The number of aryl methyl sites for hydroxylation is 2. The predicted octanol–water partition coefficient (Wildman–Crippen LogP) is 3.03. The summed E-state index contributed by atoms with van der Waals surface area (Å²) in [6, 6.07) is 15.8. The van der Waals surface area contributed by atoms with Gasteiger partial charge in [0.15, 0.2) is 0 Å². The van der Waals surface area contributed by atoms with Gasteiger partial charge in [0.05, 0.1) is 22.9 Å². The summed E-state index contributed by atoms with van der Waals surface area (Å²) in [5.74, 6) is 0.531. The standard InChI is InChI=1S/C24H28N4O4S/c1-4-32-22-9-11-23(12-10-22)33(30,31)27-15-13-26(14-16-27)24(29)20-5-7-21(8-6-20)28-19(3)17-18(2)25-28/h5-12,17H,4,13-16H2,1-3H3. The number of carbonyl (C=O) groups excluding carboxylic acids is 1. The van der Waals surface area contributed by atoms with Gasteiger partial charge in [0.1, 0.15) is 5.75 Å². The minimum Gasteiger partial charge on any atom is -0.494 e. The molecular weight excluding hydrogens is 440 g/mol. The molecule has 4 rings (SSSR count). The van der Waals surface area contributed by atoms with Crippen LogP contribution in [0.4, 0.5) is 0 Å². The summed E-state index contributed by atoms with van der Waals surface area (Å²) < 4.78 is 34.6. The molecule has 0 atom stereocenters.